The van der Waals surface area contributed by atoms with Crippen LogP contribution in [0.5, 0.6) is 0 Å². The van der Waals surface area contributed by atoms with E-state index in [-0.39, 0.29) is 22.9 Å². The molecule has 0 bridgehead atoms. The average Bonchev–Trinajstić information content (AvgIpc) is 2.70. The van der Waals surface area contributed by atoms with Gasteiger partial charge >= 0.3 is 6.18 Å². The van der Waals surface area contributed by atoms with Crippen LogP contribution in [-0.4, -0.2) is 32.0 Å². The van der Waals surface area contributed by atoms with E-state index in [2.05, 4.69) is 15.6 Å². The molecule has 2 aromatic carbocycles. The first kappa shape index (κ1) is 23.2. The summed E-state index contributed by atoms with van der Waals surface area (Å²) in [6.45, 7) is 1.75. The first-order chi connectivity index (χ1) is 14.2. The molecule has 2 rings (SSSR count). The number of likely N-dealkylation sites (N-methyl/N-ethyl adjacent to an activating group) is 1. The highest BCUT2D eigenvalue weighted by molar-refractivity contribution is 6.45. The number of alkyl halides is 3. The molecule has 0 unspecified atom stereocenters. The number of carbonyl (C=O) groups is 1. The number of nitrogens with zero attached hydrogens (tertiary/aromatic N) is 2. The van der Waals surface area contributed by atoms with Crippen molar-refractivity contribution in [3.8, 4) is 0 Å². The highest BCUT2D eigenvalue weighted by Crippen LogP contribution is 2.31. The maximum atomic E-state index is 12.9. The molecule has 0 heterocycles. The summed E-state index contributed by atoms with van der Waals surface area (Å²) in [6.07, 6.45) is -3.40. The molecular weight excluding hydrogens is 423 g/mol. The molecule has 0 saturated heterocycles. The zero-order valence-corrected chi connectivity index (χ0v) is 17.1. The van der Waals surface area contributed by atoms with Gasteiger partial charge < -0.3 is 15.0 Å². The number of aryl methyl sites for hydroxylation is 1. The van der Waals surface area contributed by atoms with Crippen LogP contribution in [0.15, 0.2) is 46.7 Å². The van der Waals surface area contributed by atoms with Crippen molar-refractivity contribution in [2.45, 2.75) is 19.7 Å². The van der Waals surface area contributed by atoms with E-state index < -0.39 is 17.6 Å². The van der Waals surface area contributed by atoms with E-state index in [9.17, 15) is 18.0 Å². The Bertz CT molecular complexity index is 975. The van der Waals surface area contributed by atoms with Crippen molar-refractivity contribution >= 4 is 29.4 Å². The maximum absolute atomic E-state index is 12.9. The van der Waals surface area contributed by atoms with Gasteiger partial charge in [0.1, 0.15) is 13.7 Å². The molecule has 0 aliphatic heterocycles. The van der Waals surface area contributed by atoms with E-state index in [1.54, 1.807) is 12.1 Å². The molecule has 0 atom stereocenters. The molecule has 0 spiro atoms. The summed E-state index contributed by atoms with van der Waals surface area (Å²) >= 11 is 5.93. The molecule has 10 heteroatoms. The number of nitrogens with one attached hydrogen (secondary N) is 1. The van der Waals surface area contributed by atoms with Crippen molar-refractivity contribution in [1.82, 2.24) is 5.32 Å². The molecule has 0 radical (unpaired) electrons. The number of halogens is 4. The third kappa shape index (κ3) is 5.73. The molecular formula is C20H19ClF3N3O3. The van der Waals surface area contributed by atoms with E-state index in [1.807, 2.05) is 13.0 Å². The summed E-state index contributed by atoms with van der Waals surface area (Å²) in [6, 6.07) is 8.13. The van der Waals surface area contributed by atoms with Crippen molar-refractivity contribution in [3.63, 3.8) is 0 Å². The van der Waals surface area contributed by atoms with Gasteiger partial charge in [-0.05, 0) is 30.7 Å². The molecule has 0 aromatic heterocycles. The van der Waals surface area contributed by atoms with Crippen LogP contribution in [0.1, 0.15) is 27.8 Å². The second-order valence-electron chi connectivity index (χ2n) is 6.04. The van der Waals surface area contributed by atoms with Gasteiger partial charge in [0.25, 0.3) is 5.91 Å². The summed E-state index contributed by atoms with van der Waals surface area (Å²) in [5.74, 6) is -0.456. The summed E-state index contributed by atoms with van der Waals surface area (Å²) in [7, 11) is 2.78. The molecule has 6 nitrogen and oxygen atoms in total. The molecule has 2 aromatic rings. The fourth-order valence-corrected chi connectivity index (χ4v) is 2.72. The third-order valence-electron chi connectivity index (χ3n) is 4.09. The Morgan fingerprint density at radius 2 is 2.00 bits per heavy atom. The number of amides is 1. The van der Waals surface area contributed by atoms with Gasteiger partial charge in [0.2, 0.25) is 0 Å². The Hall–Kier alpha value is -3.07. The molecule has 1 N–H and O–H groups in total. The number of hydrogen-bond acceptors (Lipinski definition) is 5. The van der Waals surface area contributed by atoms with Crippen LogP contribution in [0.4, 0.5) is 13.2 Å². The van der Waals surface area contributed by atoms with Gasteiger partial charge in [0, 0.05) is 28.8 Å². The van der Waals surface area contributed by atoms with Crippen LogP contribution in [0.2, 0.25) is 5.02 Å². The van der Waals surface area contributed by atoms with E-state index in [0.29, 0.717) is 11.1 Å². The van der Waals surface area contributed by atoms with Crippen LogP contribution in [0.3, 0.4) is 0 Å². The van der Waals surface area contributed by atoms with Gasteiger partial charge in [-0.25, -0.2) is 0 Å². The van der Waals surface area contributed by atoms with Crippen molar-refractivity contribution in [1.29, 1.82) is 0 Å². The van der Waals surface area contributed by atoms with E-state index in [0.717, 1.165) is 30.0 Å². The molecule has 0 aliphatic rings. The van der Waals surface area contributed by atoms with Crippen molar-refractivity contribution in [2.24, 2.45) is 10.3 Å². The standard InChI is InChI=1S/C20H19ClF3N3O3/c1-12-5-4-6-15(18(27-29-3)19(28)25-2)16(12)11-30-26-10-13-9-14(20(22,23)24)7-8-17(13)21/h4-10H,11H2,1-3H3,(H,25,28)/b26-10+,27-18+. The van der Waals surface area contributed by atoms with Crippen LogP contribution in [-0.2, 0) is 27.3 Å². The highest BCUT2D eigenvalue weighted by Gasteiger charge is 2.30. The molecule has 30 heavy (non-hydrogen) atoms. The topological polar surface area (TPSA) is 72.3 Å². The predicted octanol–water partition coefficient (Wildman–Crippen LogP) is 4.31. The zero-order chi connectivity index (χ0) is 22.3. The number of carbonyl (C=O) groups excluding carboxylic acids is 1. The Kier molecular flexibility index (Phi) is 7.82. The van der Waals surface area contributed by atoms with Crippen molar-refractivity contribution in [2.75, 3.05) is 14.2 Å². The lowest BCUT2D eigenvalue weighted by Gasteiger charge is -2.12. The molecule has 0 fully saturated rings. The summed E-state index contributed by atoms with van der Waals surface area (Å²) in [4.78, 5) is 22.2. The quantitative estimate of drug-likeness (QED) is 0.514. The number of benzene rings is 2. The van der Waals surface area contributed by atoms with Crippen LogP contribution < -0.4 is 5.32 Å². The minimum Gasteiger partial charge on any atom is -0.398 e. The van der Waals surface area contributed by atoms with Gasteiger partial charge in [0.05, 0.1) is 11.8 Å². The first-order valence-corrected chi connectivity index (χ1v) is 9.01. The van der Waals surface area contributed by atoms with E-state index >= 15 is 0 Å². The van der Waals surface area contributed by atoms with E-state index in [4.69, 9.17) is 21.3 Å². The fourth-order valence-electron chi connectivity index (χ4n) is 2.55. The first-order valence-electron chi connectivity index (χ1n) is 8.63. The van der Waals surface area contributed by atoms with E-state index in [1.165, 1.54) is 14.2 Å². The lowest BCUT2D eigenvalue weighted by atomic mass is 9.98. The fraction of sp³-hybridized carbons (Fsp3) is 0.250. The molecule has 0 saturated carbocycles. The number of oxime groups is 2. The Morgan fingerprint density at radius 1 is 1.27 bits per heavy atom. The summed E-state index contributed by atoms with van der Waals surface area (Å²) in [5, 5.41) is 10.1. The maximum Gasteiger partial charge on any atom is 0.416 e. The van der Waals surface area contributed by atoms with Gasteiger partial charge in [0.15, 0.2) is 5.71 Å². The predicted molar refractivity (Wildman–Crippen MR) is 108 cm³/mol. The molecule has 160 valence electrons. The van der Waals surface area contributed by atoms with Crippen LogP contribution in [0, 0.1) is 6.92 Å². The third-order valence-corrected chi connectivity index (χ3v) is 4.43. The van der Waals surface area contributed by atoms with Gasteiger partial charge in [-0.1, -0.05) is 40.1 Å². The minimum atomic E-state index is -4.50. The van der Waals surface area contributed by atoms with Gasteiger partial charge in [-0.2, -0.15) is 13.2 Å². The second-order valence-corrected chi connectivity index (χ2v) is 6.45. The monoisotopic (exact) mass is 441 g/mol. The lowest BCUT2D eigenvalue weighted by Crippen LogP contribution is -2.29. The largest absolute Gasteiger partial charge is 0.416 e. The number of hydrogen-bond donors (Lipinski definition) is 1. The second kappa shape index (κ2) is 10.1. The smallest absolute Gasteiger partial charge is 0.398 e. The van der Waals surface area contributed by atoms with Crippen molar-refractivity contribution in [3.05, 3.63) is 69.2 Å². The highest BCUT2D eigenvalue weighted by atomic mass is 35.5. The summed E-state index contributed by atoms with van der Waals surface area (Å²) < 4.78 is 38.6. The molecule has 1 amide bonds. The van der Waals surface area contributed by atoms with Crippen molar-refractivity contribution < 1.29 is 27.6 Å². The molecule has 0 aliphatic carbocycles. The summed E-state index contributed by atoms with van der Waals surface area (Å²) in [5.41, 5.74) is 1.15. The van der Waals surface area contributed by atoms with Gasteiger partial charge in [-0.15, -0.1) is 0 Å². The normalized spacial score (nSPS) is 12.2. The Balaban J connectivity index is 2.25. The lowest BCUT2D eigenvalue weighted by molar-refractivity contribution is -0.137. The van der Waals surface area contributed by atoms with Crippen LogP contribution in [0.25, 0.3) is 0 Å². The average molecular weight is 442 g/mol. The zero-order valence-electron chi connectivity index (χ0n) is 16.4. The SMILES string of the molecule is CNC(=O)/C(=N/OC)c1cccc(C)c1CO/N=C/c1cc(C(F)(F)F)ccc1Cl. The van der Waals surface area contributed by atoms with Crippen LogP contribution >= 0.6 is 11.6 Å². The Labute approximate surface area is 176 Å². The Morgan fingerprint density at radius 3 is 2.63 bits per heavy atom. The van der Waals surface area contributed by atoms with Gasteiger partial charge in [-0.3, -0.25) is 4.79 Å². The number of rotatable bonds is 7. The minimum absolute atomic E-state index is 0.0483.